The van der Waals surface area contributed by atoms with Crippen LogP contribution in [0.5, 0.6) is 0 Å². The fraction of sp³-hybridized carbons (Fsp3) is 0.714. The molecule has 0 amide bonds. The summed E-state index contributed by atoms with van der Waals surface area (Å²) in [6.07, 6.45) is 4.98. The Balaban J connectivity index is 1.95. The molecule has 1 aliphatic carbocycles. The summed E-state index contributed by atoms with van der Waals surface area (Å²) < 4.78 is 0. The van der Waals surface area contributed by atoms with E-state index in [9.17, 15) is 0 Å². The Bertz CT molecular complexity index is 469. The summed E-state index contributed by atoms with van der Waals surface area (Å²) in [5.74, 6) is 9.72. The van der Waals surface area contributed by atoms with Crippen LogP contribution in [-0.2, 0) is 0 Å². The molecule has 1 aromatic rings. The molecule has 2 heterocycles. The molecule has 0 spiro atoms. The molecule has 0 radical (unpaired) electrons. The zero-order valence-corrected chi connectivity index (χ0v) is 11.8. The van der Waals surface area contributed by atoms with E-state index < -0.39 is 0 Å². The summed E-state index contributed by atoms with van der Waals surface area (Å²) in [7, 11) is 0. The third kappa shape index (κ3) is 2.52. The van der Waals surface area contributed by atoms with Gasteiger partial charge >= 0.3 is 0 Å². The number of hydrogen-bond acceptors (Lipinski definition) is 5. The number of nitrogens with one attached hydrogen (secondary N) is 1. The predicted molar refractivity (Wildman–Crippen MR) is 77.2 cm³/mol. The van der Waals surface area contributed by atoms with Gasteiger partial charge in [-0.05, 0) is 38.5 Å². The van der Waals surface area contributed by atoms with Gasteiger partial charge in [-0.1, -0.05) is 6.92 Å². The molecule has 104 valence electrons. The van der Waals surface area contributed by atoms with E-state index in [1.807, 2.05) is 0 Å². The lowest BCUT2D eigenvalue weighted by Gasteiger charge is -2.33. The third-order valence-electron chi connectivity index (χ3n) is 4.17. The average Bonchev–Trinajstić information content (AvgIpc) is 3.23. The van der Waals surface area contributed by atoms with Crippen LogP contribution >= 0.6 is 0 Å². The number of nitrogens with zero attached hydrogens (tertiary/aromatic N) is 3. The normalized spacial score (nSPS) is 23.5. The number of anilines is 2. The van der Waals surface area contributed by atoms with E-state index in [1.165, 1.54) is 25.7 Å². The molecule has 1 aliphatic heterocycles. The van der Waals surface area contributed by atoms with Crippen LogP contribution in [-0.4, -0.2) is 23.1 Å². The van der Waals surface area contributed by atoms with Crippen LogP contribution in [0.15, 0.2) is 0 Å². The summed E-state index contributed by atoms with van der Waals surface area (Å²) in [6, 6.07) is 0. The van der Waals surface area contributed by atoms with Crippen molar-refractivity contribution in [2.75, 3.05) is 23.4 Å². The number of rotatable bonds is 3. The van der Waals surface area contributed by atoms with Crippen molar-refractivity contribution in [1.29, 1.82) is 0 Å². The molecule has 5 nitrogen and oxygen atoms in total. The van der Waals surface area contributed by atoms with Crippen LogP contribution < -0.4 is 16.2 Å². The number of nitrogen functional groups attached to an aromatic ring is 1. The first kappa shape index (κ1) is 12.7. The van der Waals surface area contributed by atoms with Crippen molar-refractivity contribution in [3.05, 3.63) is 11.4 Å². The van der Waals surface area contributed by atoms with Gasteiger partial charge in [0.2, 0.25) is 0 Å². The summed E-state index contributed by atoms with van der Waals surface area (Å²) in [5, 5.41) is 0. The van der Waals surface area contributed by atoms with Crippen molar-refractivity contribution < 1.29 is 0 Å². The van der Waals surface area contributed by atoms with E-state index in [2.05, 4.69) is 29.2 Å². The van der Waals surface area contributed by atoms with Gasteiger partial charge in [0.1, 0.15) is 17.5 Å². The van der Waals surface area contributed by atoms with Crippen LogP contribution in [0.2, 0.25) is 0 Å². The quantitative estimate of drug-likeness (QED) is 0.645. The van der Waals surface area contributed by atoms with Crippen LogP contribution in [0.4, 0.5) is 11.6 Å². The topological polar surface area (TPSA) is 67.1 Å². The molecule has 1 aromatic heterocycles. The molecule has 3 N–H and O–H groups in total. The fourth-order valence-electron chi connectivity index (χ4n) is 2.88. The van der Waals surface area contributed by atoms with Crippen molar-refractivity contribution in [3.8, 4) is 0 Å². The van der Waals surface area contributed by atoms with Crippen LogP contribution in [0.25, 0.3) is 0 Å². The Morgan fingerprint density at radius 2 is 2.05 bits per heavy atom. The van der Waals surface area contributed by atoms with Gasteiger partial charge in [0.25, 0.3) is 0 Å². The van der Waals surface area contributed by atoms with Gasteiger partial charge in [-0.25, -0.2) is 15.8 Å². The molecule has 19 heavy (non-hydrogen) atoms. The monoisotopic (exact) mass is 261 g/mol. The summed E-state index contributed by atoms with van der Waals surface area (Å²) in [6.45, 7) is 6.55. The zero-order valence-electron chi connectivity index (χ0n) is 11.8. The number of hydrazine groups is 1. The minimum atomic E-state index is 0.550. The molecular weight excluding hydrogens is 238 g/mol. The number of aromatic nitrogens is 2. The molecule has 0 aromatic carbocycles. The molecule has 1 saturated carbocycles. The van der Waals surface area contributed by atoms with E-state index in [4.69, 9.17) is 10.8 Å². The van der Waals surface area contributed by atoms with Crippen molar-refractivity contribution in [2.24, 2.45) is 11.8 Å². The number of piperidine rings is 1. The van der Waals surface area contributed by atoms with E-state index in [-0.39, 0.29) is 0 Å². The second-order valence-electron chi connectivity index (χ2n) is 5.99. The molecule has 1 unspecified atom stereocenters. The lowest BCUT2D eigenvalue weighted by molar-refractivity contribution is 0.443. The SMILES string of the molecule is Cc1c(NN)nc(C2CC2)nc1N1CCCC(C)C1. The standard InChI is InChI=1S/C14H23N5/c1-9-4-3-7-19(8-9)14-10(2)12(18-15)16-13(17-14)11-5-6-11/h9,11H,3-8,15H2,1-2H3,(H,16,17,18). The fourth-order valence-corrected chi connectivity index (χ4v) is 2.88. The molecule has 1 saturated heterocycles. The van der Waals surface area contributed by atoms with E-state index >= 15 is 0 Å². The lowest BCUT2D eigenvalue weighted by Crippen LogP contribution is -2.35. The zero-order chi connectivity index (χ0) is 13.4. The largest absolute Gasteiger partial charge is 0.356 e. The average molecular weight is 261 g/mol. The maximum atomic E-state index is 5.61. The Morgan fingerprint density at radius 1 is 1.26 bits per heavy atom. The van der Waals surface area contributed by atoms with Gasteiger partial charge in [-0.3, -0.25) is 0 Å². The molecular formula is C14H23N5. The Labute approximate surface area is 114 Å². The van der Waals surface area contributed by atoms with Crippen LogP contribution in [0, 0.1) is 12.8 Å². The highest BCUT2D eigenvalue weighted by Crippen LogP contribution is 2.40. The molecule has 5 heteroatoms. The summed E-state index contributed by atoms with van der Waals surface area (Å²) in [4.78, 5) is 11.8. The second-order valence-corrected chi connectivity index (χ2v) is 5.99. The number of hydrogen-bond donors (Lipinski definition) is 2. The maximum absolute atomic E-state index is 5.61. The Kier molecular flexibility index (Phi) is 3.31. The minimum Gasteiger partial charge on any atom is -0.356 e. The van der Waals surface area contributed by atoms with Gasteiger partial charge in [-0.15, -0.1) is 0 Å². The first-order valence-corrected chi connectivity index (χ1v) is 7.29. The van der Waals surface area contributed by atoms with E-state index in [1.54, 1.807) is 0 Å². The maximum Gasteiger partial charge on any atom is 0.148 e. The highest BCUT2D eigenvalue weighted by molar-refractivity contribution is 5.58. The van der Waals surface area contributed by atoms with Gasteiger partial charge in [0, 0.05) is 24.6 Å². The molecule has 0 bridgehead atoms. The Hall–Kier alpha value is -1.36. The third-order valence-corrected chi connectivity index (χ3v) is 4.17. The van der Waals surface area contributed by atoms with Gasteiger partial charge in [0.15, 0.2) is 0 Å². The van der Waals surface area contributed by atoms with Gasteiger partial charge < -0.3 is 10.3 Å². The first-order chi connectivity index (χ1) is 9.19. The van der Waals surface area contributed by atoms with Gasteiger partial charge in [-0.2, -0.15) is 0 Å². The summed E-state index contributed by atoms with van der Waals surface area (Å²) in [5.41, 5.74) is 3.80. The predicted octanol–water partition coefficient (Wildman–Crippen LogP) is 2.18. The van der Waals surface area contributed by atoms with Gasteiger partial charge in [0.05, 0.1) is 0 Å². The lowest BCUT2D eigenvalue weighted by atomic mass is 10.00. The van der Waals surface area contributed by atoms with Crippen molar-refractivity contribution in [2.45, 2.75) is 45.4 Å². The minimum absolute atomic E-state index is 0.550. The van der Waals surface area contributed by atoms with E-state index in [0.29, 0.717) is 5.92 Å². The Morgan fingerprint density at radius 3 is 2.68 bits per heavy atom. The van der Waals surface area contributed by atoms with Crippen LogP contribution in [0.1, 0.15) is 49.9 Å². The van der Waals surface area contributed by atoms with Crippen LogP contribution in [0.3, 0.4) is 0 Å². The summed E-state index contributed by atoms with van der Waals surface area (Å²) >= 11 is 0. The molecule has 2 aliphatic rings. The molecule has 2 fully saturated rings. The first-order valence-electron chi connectivity index (χ1n) is 7.29. The van der Waals surface area contributed by atoms with E-state index in [0.717, 1.165) is 42.0 Å². The highest BCUT2D eigenvalue weighted by atomic mass is 15.3. The number of nitrogens with two attached hydrogens (primary N) is 1. The van der Waals surface area contributed by atoms with Crippen molar-refractivity contribution >= 4 is 11.6 Å². The highest BCUT2D eigenvalue weighted by Gasteiger charge is 2.29. The second kappa shape index (κ2) is 4.96. The molecule has 3 rings (SSSR count). The smallest absolute Gasteiger partial charge is 0.148 e. The van der Waals surface area contributed by atoms with Crippen molar-refractivity contribution in [3.63, 3.8) is 0 Å². The molecule has 1 atom stereocenters. The van der Waals surface area contributed by atoms with Crippen molar-refractivity contribution in [1.82, 2.24) is 9.97 Å².